The van der Waals surface area contributed by atoms with Crippen LogP contribution < -0.4 is 5.73 Å². The van der Waals surface area contributed by atoms with E-state index in [0.29, 0.717) is 11.3 Å². The first kappa shape index (κ1) is 13.6. The second-order valence-corrected chi connectivity index (χ2v) is 4.64. The van der Waals surface area contributed by atoms with Gasteiger partial charge >= 0.3 is 0 Å². The highest BCUT2D eigenvalue weighted by molar-refractivity contribution is 5.99. The average Bonchev–Trinajstić information content (AvgIpc) is 2.30. The number of nitrogen functional groups attached to an aromatic ring is 1. The van der Waals surface area contributed by atoms with Crippen LogP contribution in [0.15, 0.2) is 18.2 Å². The quantitative estimate of drug-likeness (QED) is 0.814. The van der Waals surface area contributed by atoms with Crippen LogP contribution in [0.3, 0.4) is 0 Å². The number of rotatable bonds is 4. The molecule has 0 aliphatic rings. The molecule has 94 valence electrons. The van der Waals surface area contributed by atoms with Crippen LogP contribution in [0.4, 0.5) is 5.69 Å². The van der Waals surface area contributed by atoms with Gasteiger partial charge in [-0.2, -0.15) is 0 Å². The molecule has 0 bridgehead atoms. The molecule has 1 aromatic carbocycles. The molecule has 2 N–H and O–H groups in total. The summed E-state index contributed by atoms with van der Waals surface area (Å²) in [5.74, 6) is 0.00662. The third-order valence-corrected chi connectivity index (χ3v) is 3.13. The number of carbonyl (C=O) groups excluding carboxylic acids is 1. The van der Waals surface area contributed by atoms with E-state index in [1.54, 1.807) is 11.0 Å². The van der Waals surface area contributed by atoms with E-state index in [1.165, 1.54) is 0 Å². The minimum Gasteiger partial charge on any atom is -0.398 e. The topological polar surface area (TPSA) is 46.3 Å². The molecule has 0 radical (unpaired) electrons. The zero-order valence-corrected chi connectivity index (χ0v) is 11.2. The molecule has 1 aromatic rings. The summed E-state index contributed by atoms with van der Waals surface area (Å²) in [6, 6.07) is 5.81. The molecule has 0 aliphatic heterocycles. The Hall–Kier alpha value is -1.51. The Bertz CT molecular complexity index is 401. The largest absolute Gasteiger partial charge is 0.398 e. The average molecular weight is 234 g/mol. The Morgan fingerprint density at radius 2 is 2.12 bits per heavy atom. The molecule has 1 unspecified atom stereocenters. The predicted octanol–water partition coefficient (Wildman–Crippen LogP) is 2.84. The summed E-state index contributed by atoms with van der Waals surface area (Å²) in [4.78, 5) is 14.1. The molecule has 3 nitrogen and oxygen atoms in total. The van der Waals surface area contributed by atoms with Crippen LogP contribution in [-0.4, -0.2) is 23.9 Å². The van der Waals surface area contributed by atoms with Gasteiger partial charge in [0, 0.05) is 18.8 Å². The predicted molar refractivity (Wildman–Crippen MR) is 72.1 cm³/mol. The summed E-state index contributed by atoms with van der Waals surface area (Å²) in [5, 5.41) is 0. The third kappa shape index (κ3) is 3.22. The lowest BCUT2D eigenvalue weighted by Crippen LogP contribution is -2.35. The second kappa shape index (κ2) is 5.71. The minimum absolute atomic E-state index is 0.00662. The highest BCUT2D eigenvalue weighted by Crippen LogP contribution is 2.17. The van der Waals surface area contributed by atoms with Gasteiger partial charge < -0.3 is 10.6 Å². The summed E-state index contributed by atoms with van der Waals surface area (Å²) in [7, 11) is 1.84. The van der Waals surface area contributed by atoms with Crippen molar-refractivity contribution >= 4 is 11.6 Å². The molecule has 3 heteroatoms. The van der Waals surface area contributed by atoms with Crippen molar-refractivity contribution in [1.29, 1.82) is 0 Å². The van der Waals surface area contributed by atoms with Gasteiger partial charge in [0.15, 0.2) is 0 Å². The fourth-order valence-electron chi connectivity index (χ4n) is 1.86. The Kier molecular flexibility index (Phi) is 4.55. The number of anilines is 1. The van der Waals surface area contributed by atoms with Gasteiger partial charge in [0.25, 0.3) is 5.91 Å². The highest BCUT2D eigenvalue weighted by Gasteiger charge is 2.18. The molecular weight excluding hydrogens is 212 g/mol. The fourth-order valence-corrected chi connectivity index (χ4v) is 1.86. The summed E-state index contributed by atoms with van der Waals surface area (Å²) < 4.78 is 0. The Labute approximate surface area is 104 Å². The summed E-state index contributed by atoms with van der Waals surface area (Å²) in [5.41, 5.74) is 8.07. The van der Waals surface area contributed by atoms with E-state index in [1.807, 2.05) is 26.1 Å². The molecule has 1 atom stereocenters. The van der Waals surface area contributed by atoms with Crippen molar-refractivity contribution in [3.8, 4) is 0 Å². The van der Waals surface area contributed by atoms with E-state index in [2.05, 4.69) is 13.8 Å². The van der Waals surface area contributed by atoms with Gasteiger partial charge in [-0.15, -0.1) is 0 Å². The molecule has 0 saturated heterocycles. The Balaban J connectivity index is 2.92. The second-order valence-electron chi connectivity index (χ2n) is 4.64. The van der Waals surface area contributed by atoms with Crippen molar-refractivity contribution in [2.24, 2.45) is 0 Å². The van der Waals surface area contributed by atoms with Crippen molar-refractivity contribution in [2.45, 2.75) is 39.7 Å². The molecule has 0 fully saturated rings. The normalized spacial score (nSPS) is 12.2. The van der Waals surface area contributed by atoms with E-state index in [4.69, 9.17) is 5.73 Å². The van der Waals surface area contributed by atoms with Crippen molar-refractivity contribution in [2.75, 3.05) is 12.8 Å². The number of amides is 1. The van der Waals surface area contributed by atoms with E-state index < -0.39 is 0 Å². The lowest BCUT2D eigenvalue weighted by Gasteiger charge is -2.25. The number of carbonyl (C=O) groups is 1. The van der Waals surface area contributed by atoms with E-state index in [0.717, 1.165) is 18.4 Å². The zero-order chi connectivity index (χ0) is 13.0. The molecule has 1 rings (SSSR count). The maximum Gasteiger partial charge on any atom is 0.255 e. The summed E-state index contributed by atoms with van der Waals surface area (Å²) in [6.07, 6.45) is 2.08. The van der Waals surface area contributed by atoms with Gasteiger partial charge in [0.1, 0.15) is 0 Å². The number of hydrogen-bond acceptors (Lipinski definition) is 2. The first-order chi connectivity index (χ1) is 7.97. The molecule has 1 amide bonds. The van der Waals surface area contributed by atoms with E-state index >= 15 is 0 Å². The Morgan fingerprint density at radius 3 is 2.71 bits per heavy atom. The van der Waals surface area contributed by atoms with Crippen LogP contribution in [0, 0.1) is 6.92 Å². The van der Waals surface area contributed by atoms with Crippen molar-refractivity contribution in [3.63, 3.8) is 0 Å². The number of nitrogens with zero attached hydrogens (tertiary/aromatic N) is 1. The van der Waals surface area contributed by atoms with E-state index in [-0.39, 0.29) is 11.9 Å². The lowest BCUT2D eigenvalue weighted by atomic mass is 10.1. The third-order valence-electron chi connectivity index (χ3n) is 3.13. The number of nitrogens with two attached hydrogens (primary N) is 1. The van der Waals surface area contributed by atoms with Crippen molar-refractivity contribution < 1.29 is 4.79 Å². The lowest BCUT2D eigenvalue weighted by molar-refractivity contribution is 0.0738. The van der Waals surface area contributed by atoms with Gasteiger partial charge in [-0.25, -0.2) is 0 Å². The van der Waals surface area contributed by atoms with Crippen LogP contribution >= 0.6 is 0 Å². The number of hydrogen-bond donors (Lipinski definition) is 1. The number of benzene rings is 1. The van der Waals surface area contributed by atoms with Gasteiger partial charge in [-0.05, 0) is 32.4 Å². The standard InChI is InChI=1S/C14H22N2O/c1-5-6-11(3)16(4)14(17)12-9-10(2)7-8-13(12)15/h7-9,11H,5-6,15H2,1-4H3. The monoisotopic (exact) mass is 234 g/mol. The highest BCUT2D eigenvalue weighted by atomic mass is 16.2. The van der Waals surface area contributed by atoms with Gasteiger partial charge in [0.2, 0.25) is 0 Å². The summed E-state index contributed by atoms with van der Waals surface area (Å²) in [6.45, 7) is 6.15. The van der Waals surface area contributed by atoms with Crippen molar-refractivity contribution in [3.05, 3.63) is 29.3 Å². The molecule has 0 aromatic heterocycles. The van der Waals surface area contributed by atoms with Gasteiger partial charge in [-0.3, -0.25) is 4.79 Å². The molecule has 0 heterocycles. The van der Waals surface area contributed by atoms with Gasteiger partial charge in [-0.1, -0.05) is 25.0 Å². The van der Waals surface area contributed by atoms with Crippen LogP contribution in [0.2, 0.25) is 0 Å². The van der Waals surface area contributed by atoms with Crippen LogP contribution in [0.25, 0.3) is 0 Å². The summed E-state index contributed by atoms with van der Waals surface area (Å²) >= 11 is 0. The molecule has 0 spiro atoms. The van der Waals surface area contributed by atoms with Crippen LogP contribution in [0.1, 0.15) is 42.6 Å². The molecule has 17 heavy (non-hydrogen) atoms. The first-order valence-electron chi connectivity index (χ1n) is 6.10. The smallest absolute Gasteiger partial charge is 0.255 e. The van der Waals surface area contributed by atoms with Crippen LogP contribution in [-0.2, 0) is 0 Å². The SMILES string of the molecule is CCCC(C)N(C)C(=O)c1cc(C)ccc1N. The molecule has 0 aliphatic carbocycles. The molecule has 0 saturated carbocycles. The maximum atomic E-state index is 12.3. The van der Waals surface area contributed by atoms with Crippen molar-refractivity contribution in [1.82, 2.24) is 4.90 Å². The minimum atomic E-state index is 0.00662. The maximum absolute atomic E-state index is 12.3. The molecular formula is C14H22N2O. The number of aryl methyl sites for hydroxylation is 1. The Morgan fingerprint density at radius 1 is 1.47 bits per heavy atom. The van der Waals surface area contributed by atoms with E-state index in [9.17, 15) is 4.79 Å². The zero-order valence-electron chi connectivity index (χ0n) is 11.2. The van der Waals surface area contributed by atoms with Gasteiger partial charge in [0.05, 0.1) is 5.56 Å². The van der Waals surface area contributed by atoms with Crippen LogP contribution in [0.5, 0.6) is 0 Å². The fraction of sp³-hybridized carbons (Fsp3) is 0.500. The first-order valence-corrected chi connectivity index (χ1v) is 6.10.